The first-order chi connectivity index (χ1) is 14.7. The Bertz CT molecular complexity index is 1190. The average Bonchev–Trinajstić information content (AvgIpc) is 2.72. The highest BCUT2D eigenvalue weighted by Crippen LogP contribution is 2.29. The average molecular weight is 454 g/mol. The molecule has 31 heavy (non-hydrogen) atoms. The first kappa shape index (κ1) is 22.6. The number of carbonyl (C=O) groups excluding carboxylic acids is 1. The topological polar surface area (TPSA) is 85.4 Å². The van der Waals surface area contributed by atoms with E-state index in [1.807, 2.05) is 0 Å². The lowest BCUT2D eigenvalue weighted by atomic mass is 10.0. The Hall–Kier alpha value is -3.04. The van der Waals surface area contributed by atoms with E-state index in [1.54, 1.807) is 6.92 Å². The summed E-state index contributed by atoms with van der Waals surface area (Å²) in [6, 6.07) is 4.11. The maximum absolute atomic E-state index is 13.9. The van der Waals surface area contributed by atoms with Gasteiger partial charge in [0.2, 0.25) is 0 Å². The molecule has 0 unspecified atom stereocenters. The highest BCUT2D eigenvalue weighted by molar-refractivity contribution is 6.31. The first-order valence-electron chi connectivity index (χ1n) is 9.36. The molecule has 1 aromatic heterocycles. The molecule has 3 rings (SSSR count). The van der Waals surface area contributed by atoms with Gasteiger partial charge in [-0.1, -0.05) is 11.6 Å². The maximum atomic E-state index is 13.9. The third-order valence-electron chi connectivity index (χ3n) is 4.88. The summed E-state index contributed by atoms with van der Waals surface area (Å²) in [7, 11) is 0. The van der Waals surface area contributed by atoms with Crippen molar-refractivity contribution in [3.63, 3.8) is 0 Å². The molecule has 0 radical (unpaired) electrons. The molecule has 2 amide bonds. The molecule has 1 atom stereocenters. The standard InChI is InChI=1S/C21H19ClF3N3O3/c1-11(15-10-26-20(30)14-9-19(25)18(24)8-13(14)15)28(5-2-6-29)21(31)27-12-3-4-17(23)16(22)7-12/h3-4,7-11,29H,2,5-6H2,1H3,(H,26,30)(H,27,31)/t11-/m0/s1. The van der Waals surface area contributed by atoms with Gasteiger partial charge in [0.05, 0.1) is 16.5 Å². The predicted molar refractivity (Wildman–Crippen MR) is 112 cm³/mol. The molecule has 1 heterocycles. The fraction of sp³-hybridized carbons (Fsp3) is 0.238. The Morgan fingerprint density at radius 3 is 2.48 bits per heavy atom. The molecule has 0 aliphatic carbocycles. The third kappa shape index (κ3) is 4.83. The van der Waals surface area contributed by atoms with Crippen LogP contribution in [0, 0.1) is 17.5 Å². The Kier molecular flexibility index (Phi) is 6.87. The second-order valence-electron chi connectivity index (χ2n) is 6.89. The zero-order valence-electron chi connectivity index (χ0n) is 16.4. The number of nitrogens with one attached hydrogen (secondary N) is 2. The second-order valence-corrected chi connectivity index (χ2v) is 7.30. The predicted octanol–water partition coefficient (Wildman–Crippen LogP) is 4.58. The van der Waals surface area contributed by atoms with Crippen molar-refractivity contribution < 1.29 is 23.1 Å². The first-order valence-corrected chi connectivity index (χ1v) is 9.74. The van der Waals surface area contributed by atoms with Gasteiger partial charge in [-0.15, -0.1) is 0 Å². The largest absolute Gasteiger partial charge is 0.396 e. The fourth-order valence-electron chi connectivity index (χ4n) is 3.27. The number of aromatic nitrogens is 1. The van der Waals surface area contributed by atoms with Crippen LogP contribution in [0.2, 0.25) is 5.02 Å². The van der Waals surface area contributed by atoms with Crippen molar-refractivity contribution in [1.29, 1.82) is 0 Å². The van der Waals surface area contributed by atoms with E-state index in [2.05, 4.69) is 10.3 Å². The van der Waals surface area contributed by atoms with Gasteiger partial charge in [0.1, 0.15) is 5.82 Å². The van der Waals surface area contributed by atoms with E-state index < -0.39 is 35.1 Å². The number of carbonyl (C=O) groups is 1. The number of H-pyrrole nitrogens is 1. The summed E-state index contributed by atoms with van der Waals surface area (Å²) in [5.41, 5.74) is 0.0212. The number of hydrogen-bond acceptors (Lipinski definition) is 3. The molecular weight excluding hydrogens is 435 g/mol. The Labute approximate surface area is 180 Å². The van der Waals surface area contributed by atoms with Crippen LogP contribution in [0.4, 0.5) is 23.7 Å². The van der Waals surface area contributed by atoms with Crippen LogP contribution in [0.1, 0.15) is 24.9 Å². The summed E-state index contributed by atoms with van der Waals surface area (Å²) in [5.74, 6) is -2.93. The van der Waals surface area contributed by atoms with Crippen LogP contribution in [0.15, 0.2) is 41.3 Å². The van der Waals surface area contributed by atoms with Crippen LogP contribution in [-0.4, -0.2) is 34.2 Å². The van der Waals surface area contributed by atoms with Gasteiger partial charge in [-0.05, 0) is 54.6 Å². The van der Waals surface area contributed by atoms with Crippen molar-refractivity contribution in [2.75, 3.05) is 18.5 Å². The molecule has 0 aliphatic rings. The highest BCUT2D eigenvalue weighted by Gasteiger charge is 2.24. The number of nitrogens with zero attached hydrogens (tertiary/aromatic N) is 1. The van der Waals surface area contributed by atoms with Crippen molar-refractivity contribution in [3.05, 3.63) is 74.9 Å². The van der Waals surface area contributed by atoms with Gasteiger partial charge in [-0.25, -0.2) is 18.0 Å². The number of hydrogen-bond donors (Lipinski definition) is 3. The maximum Gasteiger partial charge on any atom is 0.322 e. The van der Waals surface area contributed by atoms with Gasteiger partial charge >= 0.3 is 6.03 Å². The van der Waals surface area contributed by atoms with Crippen molar-refractivity contribution in [2.45, 2.75) is 19.4 Å². The highest BCUT2D eigenvalue weighted by atomic mass is 35.5. The van der Waals surface area contributed by atoms with E-state index in [9.17, 15) is 27.9 Å². The zero-order valence-corrected chi connectivity index (χ0v) is 17.1. The molecule has 0 aliphatic heterocycles. The number of amides is 2. The van der Waals surface area contributed by atoms with Gasteiger partial charge in [0.15, 0.2) is 11.6 Å². The van der Waals surface area contributed by atoms with Gasteiger partial charge in [0, 0.05) is 25.0 Å². The lowest BCUT2D eigenvalue weighted by Gasteiger charge is -2.30. The number of aliphatic hydroxyl groups is 1. The number of urea groups is 1. The van der Waals surface area contributed by atoms with Gasteiger partial charge < -0.3 is 20.3 Å². The Morgan fingerprint density at radius 1 is 1.16 bits per heavy atom. The van der Waals surface area contributed by atoms with E-state index in [-0.39, 0.29) is 41.1 Å². The number of aromatic amines is 1. The Balaban J connectivity index is 1.99. The van der Waals surface area contributed by atoms with Crippen molar-refractivity contribution in [2.24, 2.45) is 0 Å². The molecule has 10 heteroatoms. The van der Waals surface area contributed by atoms with E-state index in [0.29, 0.717) is 5.56 Å². The summed E-state index contributed by atoms with van der Waals surface area (Å²) in [4.78, 5) is 28.8. The van der Waals surface area contributed by atoms with Gasteiger partial charge in [0.25, 0.3) is 5.56 Å². The van der Waals surface area contributed by atoms with Crippen LogP contribution < -0.4 is 10.9 Å². The number of fused-ring (bicyclic) bond motifs is 1. The lowest BCUT2D eigenvalue weighted by molar-refractivity contribution is 0.182. The summed E-state index contributed by atoms with van der Waals surface area (Å²) in [6.45, 7) is 1.57. The normalized spacial score (nSPS) is 12.1. The molecule has 0 spiro atoms. The SMILES string of the molecule is C[C@@H](c1c[nH]c(=O)c2cc(F)c(F)cc12)N(CCCO)C(=O)Nc1ccc(F)c(Cl)c1. The number of benzene rings is 2. The molecule has 0 bridgehead atoms. The van der Waals surface area contributed by atoms with Crippen LogP contribution in [0.25, 0.3) is 10.8 Å². The molecule has 164 valence electrons. The number of aliphatic hydroxyl groups excluding tert-OH is 1. The zero-order chi connectivity index (χ0) is 22.7. The quantitative estimate of drug-likeness (QED) is 0.511. The smallest absolute Gasteiger partial charge is 0.322 e. The molecule has 6 nitrogen and oxygen atoms in total. The summed E-state index contributed by atoms with van der Waals surface area (Å²) in [5, 5.41) is 11.7. The minimum atomic E-state index is -1.16. The van der Waals surface area contributed by atoms with Gasteiger partial charge in [-0.2, -0.15) is 0 Å². The van der Waals surface area contributed by atoms with Crippen LogP contribution >= 0.6 is 11.6 Å². The van der Waals surface area contributed by atoms with E-state index in [4.69, 9.17) is 11.6 Å². The molecule has 3 aromatic rings. The van der Waals surface area contributed by atoms with Crippen LogP contribution in [-0.2, 0) is 0 Å². The van der Waals surface area contributed by atoms with Crippen LogP contribution in [0.3, 0.4) is 0 Å². The Morgan fingerprint density at radius 2 is 1.84 bits per heavy atom. The van der Waals surface area contributed by atoms with Crippen LogP contribution in [0.5, 0.6) is 0 Å². The third-order valence-corrected chi connectivity index (χ3v) is 5.17. The monoisotopic (exact) mass is 453 g/mol. The number of halogens is 4. The van der Waals surface area contributed by atoms with Crippen molar-refractivity contribution in [1.82, 2.24) is 9.88 Å². The molecule has 3 N–H and O–H groups in total. The van der Waals surface area contributed by atoms with Crippen molar-refractivity contribution in [3.8, 4) is 0 Å². The molecule has 0 saturated carbocycles. The lowest BCUT2D eigenvalue weighted by Crippen LogP contribution is -2.38. The molecule has 0 fully saturated rings. The van der Waals surface area contributed by atoms with E-state index >= 15 is 0 Å². The number of rotatable bonds is 6. The second kappa shape index (κ2) is 9.40. The number of pyridine rings is 1. The van der Waals surface area contributed by atoms with Crippen molar-refractivity contribution >= 4 is 34.1 Å². The summed E-state index contributed by atoms with van der Waals surface area (Å²) < 4.78 is 40.9. The summed E-state index contributed by atoms with van der Waals surface area (Å²) >= 11 is 5.75. The fourth-order valence-corrected chi connectivity index (χ4v) is 3.45. The summed E-state index contributed by atoms with van der Waals surface area (Å²) in [6.07, 6.45) is 1.58. The molecule has 2 aromatic carbocycles. The minimum absolute atomic E-state index is 0.0592. The molecular formula is C21H19ClF3N3O3. The van der Waals surface area contributed by atoms with Gasteiger partial charge in [-0.3, -0.25) is 4.79 Å². The van der Waals surface area contributed by atoms with E-state index in [1.165, 1.54) is 23.2 Å². The van der Waals surface area contributed by atoms with E-state index in [0.717, 1.165) is 18.2 Å². The minimum Gasteiger partial charge on any atom is -0.396 e. The molecule has 0 saturated heterocycles. The number of anilines is 1.